The molecule has 1 heterocycles. The molecule has 0 unspecified atom stereocenters. The average molecular weight is 184 g/mol. The van der Waals surface area contributed by atoms with Crippen LogP contribution in [0.4, 0.5) is 0 Å². The van der Waals surface area contributed by atoms with Crippen molar-refractivity contribution in [2.45, 2.75) is 27.2 Å². The largest absolute Gasteiger partial charge is 0.263 e. The molecule has 1 nitrogen and oxygen atoms in total. The maximum absolute atomic E-state index is 5.97. The second kappa shape index (κ2) is 3.44. The number of aromatic nitrogens is 1. The zero-order chi connectivity index (χ0) is 9.19. The Labute approximate surface area is 78.8 Å². The van der Waals surface area contributed by atoms with Gasteiger partial charge in [0.25, 0.3) is 0 Å². The lowest BCUT2D eigenvalue weighted by Gasteiger charge is -2.18. The van der Waals surface area contributed by atoms with Crippen molar-refractivity contribution in [1.82, 2.24) is 4.98 Å². The van der Waals surface area contributed by atoms with Crippen molar-refractivity contribution in [2.24, 2.45) is 5.41 Å². The van der Waals surface area contributed by atoms with Gasteiger partial charge in [-0.05, 0) is 23.5 Å². The van der Waals surface area contributed by atoms with Gasteiger partial charge in [-0.15, -0.1) is 0 Å². The molecule has 0 aliphatic carbocycles. The third kappa shape index (κ3) is 2.82. The molecule has 0 aromatic carbocycles. The van der Waals surface area contributed by atoms with E-state index < -0.39 is 0 Å². The van der Waals surface area contributed by atoms with Gasteiger partial charge in [0.2, 0.25) is 0 Å². The SMILES string of the molecule is CC(C)(C)Cc1ccncc1Cl. The van der Waals surface area contributed by atoms with Gasteiger partial charge in [-0.2, -0.15) is 0 Å². The fourth-order valence-electron chi connectivity index (χ4n) is 1.12. The van der Waals surface area contributed by atoms with Crippen molar-refractivity contribution < 1.29 is 0 Å². The molecule has 0 atom stereocenters. The van der Waals surface area contributed by atoms with Gasteiger partial charge in [-0.3, -0.25) is 4.98 Å². The van der Waals surface area contributed by atoms with E-state index in [2.05, 4.69) is 25.8 Å². The fraction of sp³-hybridized carbons (Fsp3) is 0.500. The van der Waals surface area contributed by atoms with E-state index in [1.165, 1.54) is 5.56 Å². The summed E-state index contributed by atoms with van der Waals surface area (Å²) in [6, 6.07) is 1.98. The topological polar surface area (TPSA) is 12.9 Å². The molecule has 66 valence electrons. The summed E-state index contributed by atoms with van der Waals surface area (Å²) in [6.45, 7) is 6.59. The monoisotopic (exact) mass is 183 g/mol. The van der Waals surface area contributed by atoms with Crippen molar-refractivity contribution >= 4 is 11.6 Å². The van der Waals surface area contributed by atoms with Gasteiger partial charge < -0.3 is 0 Å². The quantitative estimate of drug-likeness (QED) is 0.651. The first-order valence-electron chi connectivity index (χ1n) is 4.07. The number of rotatable bonds is 1. The summed E-state index contributed by atoms with van der Waals surface area (Å²) in [5.41, 5.74) is 1.46. The number of halogens is 1. The molecule has 0 saturated heterocycles. The summed E-state index contributed by atoms with van der Waals surface area (Å²) in [5.74, 6) is 0. The minimum Gasteiger partial charge on any atom is -0.263 e. The number of hydrogen-bond acceptors (Lipinski definition) is 1. The van der Waals surface area contributed by atoms with E-state index in [4.69, 9.17) is 11.6 Å². The molecular formula is C10H14ClN. The lowest BCUT2D eigenvalue weighted by Crippen LogP contribution is -2.09. The van der Waals surface area contributed by atoms with Crippen LogP contribution in [-0.2, 0) is 6.42 Å². The van der Waals surface area contributed by atoms with Crippen LogP contribution in [0, 0.1) is 5.41 Å². The van der Waals surface area contributed by atoms with Crippen LogP contribution in [0.2, 0.25) is 5.02 Å². The van der Waals surface area contributed by atoms with Crippen LogP contribution in [0.5, 0.6) is 0 Å². The molecule has 0 N–H and O–H groups in total. The molecule has 0 bridgehead atoms. The lowest BCUT2D eigenvalue weighted by molar-refractivity contribution is 0.411. The highest BCUT2D eigenvalue weighted by Gasteiger charge is 2.12. The summed E-state index contributed by atoms with van der Waals surface area (Å²) in [7, 11) is 0. The van der Waals surface area contributed by atoms with E-state index in [9.17, 15) is 0 Å². The Bertz CT molecular complexity index is 263. The average Bonchev–Trinajstić information content (AvgIpc) is 1.91. The van der Waals surface area contributed by atoms with Crippen LogP contribution < -0.4 is 0 Å². The van der Waals surface area contributed by atoms with Crippen LogP contribution >= 0.6 is 11.6 Å². The molecule has 0 radical (unpaired) electrons. The molecule has 12 heavy (non-hydrogen) atoms. The molecule has 0 saturated carbocycles. The first-order valence-corrected chi connectivity index (χ1v) is 4.45. The van der Waals surface area contributed by atoms with Gasteiger partial charge in [0.15, 0.2) is 0 Å². The zero-order valence-electron chi connectivity index (χ0n) is 7.76. The predicted molar refractivity (Wildman–Crippen MR) is 52.4 cm³/mol. The first kappa shape index (κ1) is 9.53. The van der Waals surface area contributed by atoms with E-state index in [0.29, 0.717) is 0 Å². The summed E-state index contributed by atoms with van der Waals surface area (Å²) in [6.07, 6.45) is 4.48. The minimum atomic E-state index is 0.283. The molecule has 0 spiro atoms. The highest BCUT2D eigenvalue weighted by atomic mass is 35.5. The Balaban J connectivity index is 2.83. The standard InChI is InChI=1S/C10H14ClN/c1-10(2,3)6-8-4-5-12-7-9(8)11/h4-5,7H,6H2,1-3H3. The van der Waals surface area contributed by atoms with E-state index in [1.807, 2.05) is 6.07 Å². The Hall–Kier alpha value is -0.560. The second-order valence-electron chi connectivity index (χ2n) is 4.20. The summed E-state index contributed by atoms with van der Waals surface area (Å²) >= 11 is 5.97. The summed E-state index contributed by atoms with van der Waals surface area (Å²) in [4.78, 5) is 3.94. The molecule has 0 aliphatic heterocycles. The predicted octanol–water partition coefficient (Wildman–Crippen LogP) is 3.32. The minimum absolute atomic E-state index is 0.283. The normalized spacial score (nSPS) is 11.7. The summed E-state index contributed by atoms with van der Waals surface area (Å²) in [5, 5.41) is 0.771. The van der Waals surface area contributed by atoms with Crippen molar-refractivity contribution in [3.05, 3.63) is 29.0 Å². The van der Waals surface area contributed by atoms with Crippen LogP contribution in [-0.4, -0.2) is 4.98 Å². The number of nitrogens with zero attached hydrogens (tertiary/aromatic N) is 1. The Morgan fingerprint density at radius 1 is 1.42 bits per heavy atom. The smallest absolute Gasteiger partial charge is 0.0621 e. The van der Waals surface area contributed by atoms with E-state index in [-0.39, 0.29) is 5.41 Å². The van der Waals surface area contributed by atoms with Crippen molar-refractivity contribution in [2.75, 3.05) is 0 Å². The van der Waals surface area contributed by atoms with Gasteiger partial charge in [0.05, 0.1) is 5.02 Å². The van der Waals surface area contributed by atoms with Crippen LogP contribution in [0.25, 0.3) is 0 Å². The Morgan fingerprint density at radius 3 is 2.58 bits per heavy atom. The molecule has 0 aliphatic rings. The third-order valence-electron chi connectivity index (χ3n) is 1.58. The van der Waals surface area contributed by atoms with Crippen molar-refractivity contribution in [3.63, 3.8) is 0 Å². The van der Waals surface area contributed by atoms with Crippen LogP contribution in [0.15, 0.2) is 18.5 Å². The number of pyridine rings is 1. The highest BCUT2D eigenvalue weighted by Crippen LogP contribution is 2.24. The van der Waals surface area contributed by atoms with E-state index in [0.717, 1.165) is 11.4 Å². The van der Waals surface area contributed by atoms with Gasteiger partial charge in [0.1, 0.15) is 0 Å². The van der Waals surface area contributed by atoms with Crippen molar-refractivity contribution in [1.29, 1.82) is 0 Å². The molecular weight excluding hydrogens is 170 g/mol. The van der Waals surface area contributed by atoms with E-state index in [1.54, 1.807) is 12.4 Å². The zero-order valence-corrected chi connectivity index (χ0v) is 8.52. The molecule has 2 heteroatoms. The molecule has 1 rings (SSSR count). The molecule has 0 fully saturated rings. The first-order chi connectivity index (χ1) is 5.49. The molecule has 0 amide bonds. The Kier molecular flexibility index (Phi) is 2.73. The van der Waals surface area contributed by atoms with Gasteiger partial charge >= 0.3 is 0 Å². The fourth-order valence-corrected chi connectivity index (χ4v) is 1.30. The second-order valence-corrected chi connectivity index (χ2v) is 4.61. The molecule has 1 aromatic heterocycles. The third-order valence-corrected chi connectivity index (χ3v) is 1.92. The van der Waals surface area contributed by atoms with E-state index >= 15 is 0 Å². The van der Waals surface area contributed by atoms with Gasteiger partial charge in [-0.1, -0.05) is 32.4 Å². The van der Waals surface area contributed by atoms with Crippen LogP contribution in [0.3, 0.4) is 0 Å². The highest BCUT2D eigenvalue weighted by molar-refractivity contribution is 6.31. The Morgan fingerprint density at radius 2 is 2.08 bits per heavy atom. The molecule has 1 aromatic rings. The van der Waals surface area contributed by atoms with Gasteiger partial charge in [-0.25, -0.2) is 0 Å². The lowest BCUT2D eigenvalue weighted by atomic mass is 9.88. The number of hydrogen-bond donors (Lipinski definition) is 0. The maximum Gasteiger partial charge on any atom is 0.0621 e. The van der Waals surface area contributed by atoms with Gasteiger partial charge in [0, 0.05) is 12.4 Å². The van der Waals surface area contributed by atoms with Crippen LogP contribution in [0.1, 0.15) is 26.3 Å². The van der Waals surface area contributed by atoms with Crippen molar-refractivity contribution in [3.8, 4) is 0 Å². The summed E-state index contributed by atoms with van der Waals surface area (Å²) < 4.78 is 0. The maximum atomic E-state index is 5.97.